The van der Waals surface area contributed by atoms with Crippen LogP contribution in [-0.2, 0) is 19.8 Å². The van der Waals surface area contributed by atoms with Crippen molar-refractivity contribution in [2.75, 3.05) is 13.2 Å². The van der Waals surface area contributed by atoms with E-state index < -0.39 is 7.60 Å². The van der Waals surface area contributed by atoms with Gasteiger partial charge in [-0.15, -0.1) is 0 Å². The Bertz CT molecular complexity index is 319. The Kier molecular flexibility index (Phi) is 4.95. The maximum Gasteiger partial charge on any atom is 0.335 e. The number of aromatic nitrogens is 1. The molecule has 0 unspecified atom stereocenters. The van der Waals surface area contributed by atoms with Crippen molar-refractivity contribution in [1.82, 2.24) is 4.98 Å². The van der Waals surface area contributed by atoms with Gasteiger partial charge in [0.1, 0.15) is 0 Å². The van der Waals surface area contributed by atoms with Crippen molar-refractivity contribution in [2.45, 2.75) is 20.0 Å². The van der Waals surface area contributed by atoms with Gasteiger partial charge in [0.25, 0.3) is 0 Å². The molecule has 0 fully saturated rings. The van der Waals surface area contributed by atoms with Gasteiger partial charge in [-0.2, -0.15) is 0 Å². The van der Waals surface area contributed by atoms with Gasteiger partial charge in [0.15, 0.2) is 0 Å². The topological polar surface area (TPSA) is 48.4 Å². The Labute approximate surface area is 90.2 Å². The molecule has 0 spiro atoms. The highest BCUT2D eigenvalue weighted by atomic mass is 31.2. The Morgan fingerprint density at radius 1 is 1.40 bits per heavy atom. The number of nitrogens with zero attached hydrogens (tertiary/aromatic N) is 1. The molecule has 0 N–H and O–H groups in total. The summed E-state index contributed by atoms with van der Waals surface area (Å²) >= 11 is 0. The van der Waals surface area contributed by atoms with E-state index in [1.54, 1.807) is 32.2 Å². The molecule has 0 amide bonds. The molecule has 1 aromatic heterocycles. The molecular formula is C10H15NO3P. The van der Waals surface area contributed by atoms with Crippen molar-refractivity contribution in [1.29, 1.82) is 0 Å². The third-order valence-electron chi connectivity index (χ3n) is 1.70. The van der Waals surface area contributed by atoms with Gasteiger partial charge < -0.3 is 9.05 Å². The van der Waals surface area contributed by atoms with E-state index in [1.165, 1.54) is 0 Å². The molecule has 83 valence electrons. The minimum atomic E-state index is -3.00. The lowest BCUT2D eigenvalue weighted by atomic mass is 10.3. The number of pyridine rings is 1. The van der Waals surface area contributed by atoms with Crippen LogP contribution in [0.15, 0.2) is 18.3 Å². The average molecular weight is 228 g/mol. The van der Waals surface area contributed by atoms with E-state index in [2.05, 4.69) is 11.2 Å². The lowest BCUT2D eigenvalue weighted by molar-refractivity contribution is 0.219. The highest BCUT2D eigenvalue weighted by Gasteiger charge is 2.23. The number of hydrogen-bond acceptors (Lipinski definition) is 4. The van der Waals surface area contributed by atoms with E-state index in [0.717, 1.165) is 5.56 Å². The molecule has 1 aromatic rings. The van der Waals surface area contributed by atoms with Crippen LogP contribution in [0.25, 0.3) is 0 Å². The summed E-state index contributed by atoms with van der Waals surface area (Å²) in [6, 6.07) is 3.48. The van der Waals surface area contributed by atoms with Gasteiger partial charge >= 0.3 is 7.60 Å². The fraction of sp³-hybridized carbons (Fsp3) is 0.500. The first-order valence-electron chi connectivity index (χ1n) is 4.89. The zero-order valence-corrected chi connectivity index (χ0v) is 9.87. The second kappa shape index (κ2) is 6.01. The Balaban J connectivity index is 2.71. The van der Waals surface area contributed by atoms with Crippen LogP contribution in [0.3, 0.4) is 0 Å². The summed E-state index contributed by atoms with van der Waals surface area (Å²) in [6.07, 6.45) is 4.54. The quantitative estimate of drug-likeness (QED) is 0.702. The van der Waals surface area contributed by atoms with Gasteiger partial charge in [-0.1, -0.05) is 6.07 Å². The molecule has 1 rings (SSSR count). The van der Waals surface area contributed by atoms with Crippen LogP contribution in [0.1, 0.15) is 19.4 Å². The summed E-state index contributed by atoms with van der Waals surface area (Å²) in [7, 11) is -3.00. The first-order valence-corrected chi connectivity index (χ1v) is 6.62. The van der Waals surface area contributed by atoms with Gasteiger partial charge in [-0.25, -0.2) is 0 Å². The van der Waals surface area contributed by atoms with Crippen molar-refractivity contribution >= 4 is 7.60 Å². The first kappa shape index (κ1) is 12.4. The molecule has 15 heavy (non-hydrogen) atoms. The van der Waals surface area contributed by atoms with Gasteiger partial charge in [0.05, 0.1) is 25.6 Å². The molecule has 0 saturated heterocycles. The van der Waals surface area contributed by atoms with E-state index in [4.69, 9.17) is 9.05 Å². The molecule has 4 nitrogen and oxygen atoms in total. The molecule has 0 aromatic carbocycles. The molecule has 0 aliphatic rings. The van der Waals surface area contributed by atoms with Crippen LogP contribution in [-0.4, -0.2) is 18.2 Å². The predicted octanol–water partition coefficient (Wildman–Crippen LogP) is 2.65. The third kappa shape index (κ3) is 4.12. The fourth-order valence-electron chi connectivity index (χ4n) is 1.19. The highest BCUT2D eigenvalue weighted by Crippen LogP contribution is 2.51. The van der Waals surface area contributed by atoms with E-state index in [1.807, 2.05) is 0 Å². The summed E-state index contributed by atoms with van der Waals surface area (Å²) in [5.74, 6) is 0. The number of rotatable bonds is 6. The molecule has 0 atom stereocenters. The Morgan fingerprint density at radius 2 is 2.07 bits per heavy atom. The molecular weight excluding hydrogens is 213 g/mol. The molecule has 0 aliphatic carbocycles. The Hall–Kier alpha value is -0.700. The van der Waals surface area contributed by atoms with Crippen molar-refractivity contribution in [3.8, 4) is 0 Å². The summed E-state index contributed by atoms with van der Waals surface area (Å²) in [6.45, 7) is 4.35. The molecule has 0 aliphatic heterocycles. The zero-order valence-electron chi connectivity index (χ0n) is 8.97. The summed E-state index contributed by atoms with van der Waals surface area (Å²) < 4.78 is 22.4. The molecule has 5 heteroatoms. The van der Waals surface area contributed by atoms with Crippen LogP contribution in [0, 0.1) is 6.20 Å². The smallest absolute Gasteiger partial charge is 0.309 e. The Morgan fingerprint density at radius 3 is 2.53 bits per heavy atom. The highest BCUT2D eigenvalue weighted by molar-refractivity contribution is 7.53. The van der Waals surface area contributed by atoms with Crippen LogP contribution in [0.4, 0.5) is 0 Å². The SMILES string of the molecule is CCOP(=O)(Cc1cc[c]nc1)OCC. The van der Waals surface area contributed by atoms with Crippen LogP contribution in [0.5, 0.6) is 0 Å². The normalized spacial score (nSPS) is 11.6. The standard InChI is InChI=1S/C10H15NO3P/c1-3-13-15(12,14-4-2)9-10-6-5-7-11-8-10/h5-6,8H,3-4,9H2,1-2H3. The summed E-state index contributed by atoms with van der Waals surface area (Å²) in [5, 5.41) is 0. The zero-order chi connectivity index (χ0) is 11.1. The molecule has 0 bridgehead atoms. The van der Waals surface area contributed by atoms with Gasteiger partial charge in [-0.3, -0.25) is 9.55 Å². The largest absolute Gasteiger partial charge is 0.335 e. The summed E-state index contributed by atoms with van der Waals surface area (Å²) in [5.41, 5.74) is 0.832. The predicted molar refractivity (Wildman–Crippen MR) is 57.6 cm³/mol. The third-order valence-corrected chi connectivity index (χ3v) is 3.76. The second-order valence-corrected chi connectivity index (χ2v) is 4.95. The minimum absolute atomic E-state index is 0.260. The molecule has 1 heterocycles. The monoisotopic (exact) mass is 228 g/mol. The lowest BCUT2D eigenvalue weighted by Crippen LogP contribution is -1.99. The van der Waals surface area contributed by atoms with Crippen molar-refractivity contribution in [3.63, 3.8) is 0 Å². The molecule has 0 saturated carbocycles. The van der Waals surface area contributed by atoms with Gasteiger partial charge in [-0.05, 0) is 25.5 Å². The lowest BCUT2D eigenvalue weighted by Gasteiger charge is -2.16. The fourth-order valence-corrected chi connectivity index (χ4v) is 2.87. The van der Waals surface area contributed by atoms with Crippen LogP contribution < -0.4 is 0 Å². The summed E-state index contributed by atoms with van der Waals surface area (Å²) in [4.78, 5) is 3.83. The van der Waals surface area contributed by atoms with Gasteiger partial charge in [0, 0.05) is 6.20 Å². The van der Waals surface area contributed by atoms with Crippen molar-refractivity contribution in [3.05, 3.63) is 30.1 Å². The van der Waals surface area contributed by atoms with Crippen LogP contribution >= 0.6 is 7.60 Å². The van der Waals surface area contributed by atoms with E-state index >= 15 is 0 Å². The first-order chi connectivity index (χ1) is 7.20. The van der Waals surface area contributed by atoms with Crippen LogP contribution in [0.2, 0.25) is 0 Å². The maximum absolute atomic E-state index is 12.1. The van der Waals surface area contributed by atoms with E-state index in [0.29, 0.717) is 13.2 Å². The second-order valence-electron chi connectivity index (χ2n) is 2.90. The van der Waals surface area contributed by atoms with E-state index in [-0.39, 0.29) is 6.16 Å². The van der Waals surface area contributed by atoms with E-state index in [9.17, 15) is 4.57 Å². The van der Waals surface area contributed by atoms with Crippen molar-refractivity contribution in [2.24, 2.45) is 0 Å². The van der Waals surface area contributed by atoms with Crippen molar-refractivity contribution < 1.29 is 13.6 Å². The number of hydrogen-bond donors (Lipinski definition) is 0. The van der Waals surface area contributed by atoms with Gasteiger partial charge in [0.2, 0.25) is 0 Å². The molecule has 1 radical (unpaired) electrons. The minimum Gasteiger partial charge on any atom is -0.309 e. The maximum atomic E-state index is 12.1. The average Bonchev–Trinajstić information content (AvgIpc) is 2.19.